The van der Waals surface area contributed by atoms with Crippen molar-refractivity contribution in [1.82, 2.24) is 24.9 Å². The first-order valence-corrected chi connectivity index (χ1v) is 11.6. The van der Waals surface area contributed by atoms with Crippen LogP contribution in [0.2, 0.25) is 5.02 Å². The standard InChI is InChI=1S/C22H21ClN6O2S/c1-15-5-7-18(8-6-15)29-21(28-9-11-30-12-10-28)25-26-22(29)32-14-19-24-20(27-31-19)16-3-2-4-17(23)13-16/h2-8,13H,9-12,14H2,1H3. The van der Waals surface area contributed by atoms with Gasteiger partial charge in [-0.3, -0.25) is 4.57 Å². The number of nitrogens with zero attached hydrogens (tertiary/aromatic N) is 6. The Kier molecular flexibility index (Phi) is 6.11. The Hall–Kier alpha value is -2.88. The van der Waals surface area contributed by atoms with E-state index in [1.54, 1.807) is 0 Å². The molecular formula is C22H21ClN6O2S. The lowest BCUT2D eigenvalue weighted by Gasteiger charge is -2.27. The van der Waals surface area contributed by atoms with E-state index in [0.29, 0.717) is 35.7 Å². The molecule has 0 unspecified atom stereocenters. The van der Waals surface area contributed by atoms with Crippen LogP contribution in [0.4, 0.5) is 5.95 Å². The van der Waals surface area contributed by atoms with Gasteiger partial charge in [-0.1, -0.05) is 58.3 Å². The molecule has 1 saturated heterocycles. The normalized spacial score (nSPS) is 14.1. The molecule has 3 heterocycles. The van der Waals surface area contributed by atoms with Gasteiger partial charge in [-0.2, -0.15) is 4.98 Å². The number of aromatic nitrogens is 5. The van der Waals surface area contributed by atoms with Gasteiger partial charge in [0.2, 0.25) is 17.7 Å². The minimum absolute atomic E-state index is 0.473. The van der Waals surface area contributed by atoms with Gasteiger partial charge in [-0.05, 0) is 31.2 Å². The number of hydrogen-bond donors (Lipinski definition) is 0. The van der Waals surface area contributed by atoms with Gasteiger partial charge in [-0.25, -0.2) is 0 Å². The SMILES string of the molecule is Cc1ccc(-n2c(SCc3nc(-c4cccc(Cl)c4)no3)nnc2N2CCOCC2)cc1. The monoisotopic (exact) mass is 468 g/mol. The summed E-state index contributed by atoms with van der Waals surface area (Å²) in [6.45, 7) is 4.99. The van der Waals surface area contributed by atoms with Crippen LogP contribution >= 0.6 is 23.4 Å². The average Bonchev–Trinajstić information content (AvgIpc) is 3.46. The van der Waals surface area contributed by atoms with Crippen molar-refractivity contribution in [2.75, 3.05) is 31.2 Å². The quantitative estimate of drug-likeness (QED) is 0.385. The molecule has 0 bridgehead atoms. The van der Waals surface area contributed by atoms with Crippen molar-refractivity contribution in [2.45, 2.75) is 17.8 Å². The van der Waals surface area contributed by atoms with Crippen LogP contribution in [-0.4, -0.2) is 51.2 Å². The molecule has 0 N–H and O–H groups in total. The Morgan fingerprint density at radius 3 is 2.66 bits per heavy atom. The van der Waals surface area contributed by atoms with Crippen LogP contribution in [0.1, 0.15) is 11.5 Å². The van der Waals surface area contributed by atoms with Crippen LogP contribution in [-0.2, 0) is 10.5 Å². The summed E-state index contributed by atoms with van der Waals surface area (Å²) in [5.74, 6) is 2.30. The van der Waals surface area contributed by atoms with Crippen LogP contribution < -0.4 is 4.90 Å². The predicted molar refractivity (Wildman–Crippen MR) is 123 cm³/mol. The fraction of sp³-hybridized carbons (Fsp3) is 0.273. The molecule has 0 saturated carbocycles. The highest BCUT2D eigenvalue weighted by atomic mass is 35.5. The first-order chi connectivity index (χ1) is 15.7. The van der Waals surface area contributed by atoms with Gasteiger partial charge in [0.05, 0.1) is 24.7 Å². The topological polar surface area (TPSA) is 82.1 Å². The number of anilines is 1. The Morgan fingerprint density at radius 1 is 1.06 bits per heavy atom. The van der Waals surface area contributed by atoms with Gasteiger partial charge in [0.15, 0.2) is 5.16 Å². The first-order valence-electron chi connectivity index (χ1n) is 10.2. The number of thioether (sulfide) groups is 1. The number of halogens is 1. The summed E-state index contributed by atoms with van der Waals surface area (Å²) >= 11 is 7.58. The van der Waals surface area contributed by atoms with Crippen LogP contribution in [0.15, 0.2) is 58.2 Å². The molecule has 1 aliphatic rings. The number of hydrogen-bond acceptors (Lipinski definition) is 8. The van der Waals surface area contributed by atoms with Gasteiger partial charge < -0.3 is 14.2 Å². The summed E-state index contributed by atoms with van der Waals surface area (Å²) in [6.07, 6.45) is 0. The zero-order valence-corrected chi connectivity index (χ0v) is 19.0. The fourth-order valence-electron chi connectivity index (χ4n) is 3.43. The van der Waals surface area contributed by atoms with Crippen molar-refractivity contribution >= 4 is 29.3 Å². The molecule has 0 radical (unpaired) electrons. The van der Waals surface area contributed by atoms with E-state index in [9.17, 15) is 0 Å². The molecule has 0 amide bonds. The van der Waals surface area contributed by atoms with E-state index < -0.39 is 0 Å². The third kappa shape index (κ3) is 4.50. The van der Waals surface area contributed by atoms with Crippen LogP contribution in [0, 0.1) is 6.92 Å². The summed E-state index contributed by atoms with van der Waals surface area (Å²) in [4.78, 5) is 6.70. The molecular weight excluding hydrogens is 448 g/mol. The van der Waals surface area contributed by atoms with Crippen molar-refractivity contribution in [2.24, 2.45) is 0 Å². The Morgan fingerprint density at radius 2 is 1.88 bits per heavy atom. The molecule has 0 atom stereocenters. The number of ether oxygens (including phenoxy) is 1. The largest absolute Gasteiger partial charge is 0.378 e. The van der Waals surface area contributed by atoms with Gasteiger partial charge >= 0.3 is 0 Å². The molecule has 10 heteroatoms. The van der Waals surface area contributed by atoms with Gasteiger partial charge in [0.1, 0.15) is 0 Å². The van der Waals surface area contributed by atoms with E-state index in [1.165, 1.54) is 17.3 Å². The third-order valence-electron chi connectivity index (χ3n) is 5.08. The maximum atomic E-state index is 6.07. The maximum absolute atomic E-state index is 6.07. The third-order valence-corrected chi connectivity index (χ3v) is 6.23. The second kappa shape index (κ2) is 9.32. The molecule has 1 fully saturated rings. The minimum atomic E-state index is 0.473. The van der Waals surface area contributed by atoms with Crippen LogP contribution in [0.25, 0.3) is 17.1 Å². The van der Waals surface area contributed by atoms with E-state index in [1.807, 2.05) is 24.3 Å². The van der Waals surface area contributed by atoms with Crippen LogP contribution in [0.5, 0.6) is 0 Å². The molecule has 32 heavy (non-hydrogen) atoms. The molecule has 8 nitrogen and oxygen atoms in total. The summed E-state index contributed by atoms with van der Waals surface area (Å²) in [6, 6.07) is 15.7. The van der Waals surface area contributed by atoms with E-state index in [2.05, 4.69) is 61.0 Å². The molecule has 164 valence electrons. The van der Waals surface area contributed by atoms with E-state index in [0.717, 1.165) is 35.4 Å². The molecule has 2 aromatic carbocycles. The zero-order valence-electron chi connectivity index (χ0n) is 17.4. The summed E-state index contributed by atoms with van der Waals surface area (Å²) in [5.41, 5.74) is 3.02. The molecule has 1 aliphatic heterocycles. The molecule has 4 aromatic rings. The summed E-state index contributed by atoms with van der Waals surface area (Å²) in [5, 5.41) is 14.4. The van der Waals surface area contributed by atoms with Crippen molar-refractivity contribution in [3.63, 3.8) is 0 Å². The zero-order chi connectivity index (χ0) is 21.9. The van der Waals surface area contributed by atoms with Crippen LogP contribution in [0.3, 0.4) is 0 Å². The second-order valence-corrected chi connectivity index (χ2v) is 8.74. The number of benzene rings is 2. The fourth-order valence-corrected chi connectivity index (χ4v) is 4.40. The molecule has 2 aromatic heterocycles. The molecule has 0 aliphatic carbocycles. The number of rotatable bonds is 6. The van der Waals surface area contributed by atoms with Crippen molar-refractivity contribution in [3.8, 4) is 17.1 Å². The Balaban J connectivity index is 1.40. The first kappa shape index (κ1) is 21.0. The lowest BCUT2D eigenvalue weighted by atomic mass is 10.2. The number of aryl methyl sites for hydroxylation is 1. The van der Waals surface area contributed by atoms with Crippen molar-refractivity contribution in [3.05, 3.63) is 65.0 Å². The summed E-state index contributed by atoms with van der Waals surface area (Å²) < 4.78 is 13.0. The smallest absolute Gasteiger partial charge is 0.237 e. The van der Waals surface area contributed by atoms with E-state index >= 15 is 0 Å². The van der Waals surface area contributed by atoms with Crippen molar-refractivity contribution < 1.29 is 9.26 Å². The molecule has 5 rings (SSSR count). The highest BCUT2D eigenvalue weighted by molar-refractivity contribution is 7.98. The van der Waals surface area contributed by atoms with Crippen molar-refractivity contribution in [1.29, 1.82) is 0 Å². The minimum Gasteiger partial charge on any atom is -0.378 e. The van der Waals surface area contributed by atoms with Gasteiger partial charge in [0.25, 0.3) is 0 Å². The maximum Gasteiger partial charge on any atom is 0.237 e. The predicted octanol–water partition coefficient (Wildman–Crippen LogP) is 4.41. The lowest BCUT2D eigenvalue weighted by Crippen LogP contribution is -2.37. The van der Waals surface area contributed by atoms with Gasteiger partial charge in [0, 0.05) is 23.7 Å². The molecule has 0 spiro atoms. The average molecular weight is 469 g/mol. The Labute approximate surface area is 194 Å². The highest BCUT2D eigenvalue weighted by Crippen LogP contribution is 2.30. The lowest BCUT2D eigenvalue weighted by molar-refractivity contribution is 0.122. The van der Waals surface area contributed by atoms with Gasteiger partial charge in [-0.15, -0.1) is 10.2 Å². The van der Waals surface area contributed by atoms with E-state index in [4.69, 9.17) is 20.9 Å². The van der Waals surface area contributed by atoms with E-state index in [-0.39, 0.29) is 0 Å². The second-order valence-electron chi connectivity index (χ2n) is 7.36. The number of morpholine rings is 1. The highest BCUT2D eigenvalue weighted by Gasteiger charge is 2.22. The Bertz CT molecular complexity index is 1200. The summed E-state index contributed by atoms with van der Waals surface area (Å²) in [7, 11) is 0.